The van der Waals surface area contributed by atoms with E-state index in [-0.39, 0.29) is 5.41 Å². The third-order valence-corrected chi connectivity index (χ3v) is 11.6. The van der Waals surface area contributed by atoms with Gasteiger partial charge in [-0.15, -0.1) is 0 Å². The number of hydrogen-bond acceptors (Lipinski definition) is 3. The van der Waals surface area contributed by atoms with Crippen molar-refractivity contribution in [1.82, 2.24) is 15.0 Å². The van der Waals surface area contributed by atoms with Crippen molar-refractivity contribution in [2.75, 3.05) is 0 Å². The summed E-state index contributed by atoms with van der Waals surface area (Å²) in [5.74, 6) is 1.94. The minimum absolute atomic E-state index is 0.285. The average Bonchev–Trinajstić information content (AvgIpc) is 3.52. The third kappa shape index (κ3) is 4.39. The van der Waals surface area contributed by atoms with E-state index in [1.54, 1.807) is 0 Å². The largest absolute Gasteiger partial charge is 0.208 e. The first-order valence-corrected chi connectivity index (χ1v) is 18.5. The Morgan fingerprint density at radius 2 is 0.796 bits per heavy atom. The molecule has 0 aliphatic heterocycles. The molecule has 9 aromatic rings. The van der Waals surface area contributed by atoms with Crippen LogP contribution in [0.5, 0.6) is 0 Å². The monoisotopic (exact) mass is 687 g/mol. The minimum atomic E-state index is -0.285. The first-order chi connectivity index (χ1) is 26.7. The van der Waals surface area contributed by atoms with Crippen molar-refractivity contribution in [2.24, 2.45) is 0 Å². The fraction of sp³-hybridized carbons (Fsp3) is 0.0392. The molecule has 11 rings (SSSR count). The number of nitrogens with zero attached hydrogens (tertiary/aromatic N) is 3. The zero-order valence-electron chi connectivity index (χ0n) is 29.7. The highest BCUT2D eigenvalue weighted by Crippen LogP contribution is 2.61. The normalized spacial score (nSPS) is 14.8. The molecule has 8 aromatic carbocycles. The van der Waals surface area contributed by atoms with Gasteiger partial charge in [-0.1, -0.05) is 176 Å². The van der Waals surface area contributed by atoms with Crippen molar-refractivity contribution in [3.05, 3.63) is 199 Å². The Morgan fingerprint density at radius 3 is 1.43 bits per heavy atom. The van der Waals surface area contributed by atoms with Gasteiger partial charge in [0.25, 0.3) is 0 Å². The number of rotatable bonds is 5. The third-order valence-electron chi connectivity index (χ3n) is 11.6. The Bertz CT molecular complexity index is 2850. The van der Waals surface area contributed by atoms with Gasteiger partial charge in [0.15, 0.2) is 17.5 Å². The molecular weight excluding hydrogens is 655 g/mol. The smallest absolute Gasteiger partial charge is 0.164 e. The summed E-state index contributed by atoms with van der Waals surface area (Å²) in [6, 6.07) is 64.8. The highest BCUT2D eigenvalue weighted by molar-refractivity contribution is 6.12. The van der Waals surface area contributed by atoms with Gasteiger partial charge in [0, 0.05) is 27.7 Å². The molecular formula is C51H33N3. The minimum Gasteiger partial charge on any atom is -0.208 e. The van der Waals surface area contributed by atoms with Crippen LogP contribution in [0.1, 0.15) is 23.6 Å². The molecule has 0 saturated heterocycles. The van der Waals surface area contributed by atoms with Crippen molar-refractivity contribution in [1.29, 1.82) is 0 Å². The highest BCUT2D eigenvalue weighted by Gasteiger charge is 2.46. The summed E-state index contributed by atoms with van der Waals surface area (Å²) in [5, 5.41) is 2.47. The van der Waals surface area contributed by atoms with E-state index in [4.69, 9.17) is 15.0 Å². The maximum atomic E-state index is 5.42. The Balaban J connectivity index is 1.23. The van der Waals surface area contributed by atoms with Crippen molar-refractivity contribution in [2.45, 2.75) is 12.3 Å². The zero-order valence-corrected chi connectivity index (χ0v) is 29.7. The summed E-state index contributed by atoms with van der Waals surface area (Å²) in [7, 11) is 0. The van der Waals surface area contributed by atoms with E-state index in [1.807, 2.05) is 0 Å². The summed E-state index contributed by atoms with van der Waals surface area (Å²) in [6.07, 6.45) is 0. The van der Waals surface area contributed by atoms with Crippen LogP contribution < -0.4 is 0 Å². The molecule has 0 N–H and O–H groups in total. The van der Waals surface area contributed by atoms with Gasteiger partial charge in [0.2, 0.25) is 0 Å². The van der Waals surface area contributed by atoms with Crippen LogP contribution in [-0.4, -0.2) is 15.0 Å². The summed E-state index contributed by atoms with van der Waals surface area (Å²) >= 11 is 0. The maximum absolute atomic E-state index is 5.42. The van der Waals surface area contributed by atoms with E-state index in [0.717, 1.165) is 38.9 Å². The molecule has 3 heteroatoms. The summed E-state index contributed by atoms with van der Waals surface area (Å²) < 4.78 is 0. The Morgan fingerprint density at radius 1 is 0.333 bits per heavy atom. The van der Waals surface area contributed by atoms with E-state index in [9.17, 15) is 0 Å². The molecule has 1 unspecified atom stereocenters. The lowest BCUT2D eigenvalue weighted by Gasteiger charge is -2.36. The fourth-order valence-electron chi connectivity index (χ4n) is 9.19. The summed E-state index contributed by atoms with van der Waals surface area (Å²) in [4.78, 5) is 16.2. The first-order valence-electron chi connectivity index (χ1n) is 18.5. The van der Waals surface area contributed by atoms with Gasteiger partial charge in [-0.2, -0.15) is 0 Å². The van der Waals surface area contributed by atoms with Crippen LogP contribution in [0.2, 0.25) is 0 Å². The summed E-state index contributed by atoms with van der Waals surface area (Å²) in [6.45, 7) is 2.41. The quantitative estimate of drug-likeness (QED) is 0.181. The van der Waals surface area contributed by atoms with Crippen molar-refractivity contribution in [3.8, 4) is 78.7 Å². The lowest BCUT2D eigenvalue weighted by atomic mass is 9.65. The highest BCUT2D eigenvalue weighted by atomic mass is 15.0. The number of aromatic nitrogens is 3. The zero-order chi connectivity index (χ0) is 35.8. The second-order valence-electron chi connectivity index (χ2n) is 14.4. The van der Waals surface area contributed by atoms with Crippen molar-refractivity contribution in [3.63, 3.8) is 0 Å². The van der Waals surface area contributed by atoms with Crippen LogP contribution >= 0.6 is 0 Å². The van der Waals surface area contributed by atoms with Gasteiger partial charge < -0.3 is 0 Å². The molecule has 2 aliphatic rings. The van der Waals surface area contributed by atoms with E-state index in [2.05, 4.69) is 189 Å². The van der Waals surface area contributed by atoms with Crippen LogP contribution in [0.3, 0.4) is 0 Å². The molecule has 54 heavy (non-hydrogen) atoms. The number of fused-ring (bicyclic) bond motifs is 5. The molecule has 252 valence electrons. The first kappa shape index (κ1) is 30.6. The predicted octanol–water partition coefficient (Wildman–Crippen LogP) is 12.7. The SMILES string of the molecule is CC12c3ccccc3-c3cccc(c31)-c1c(-c3nc(-c4ccccc4-c4ccccc4)nc(-c4ccccc4-c4ccccc4)n3)ccc3cccc2c13. The van der Waals surface area contributed by atoms with Crippen LogP contribution in [0.25, 0.3) is 89.4 Å². The average molecular weight is 688 g/mol. The molecule has 0 amide bonds. The van der Waals surface area contributed by atoms with E-state index >= 15 is 0 Å². The van der Waals surface area contributed by atoms with Crippen LogP contribution in [0.4, 0.5) is 0 Å². The van der Waals surface area contributed by atoms with Gasteiger partial charge in [-0.3, -0.25) is 0 Å². The molecule has 1 atom stereocenters. The van der Waals surface area contributed by atoms with Gasteiger partial charge in [-0.25, -0.2) is 15.0 Å². The topological polar surface area (TPSA) is 38.7 Å². The molecule has 0 fully saturated rings. The van der Waals surface area contributed by atoms with Crippen LogP contribution in [-0.2, 0) is 5.41 Å². The second kappa shape index (κ2) is 11.8. The van der Waals surface area contributed by atoms with E-state index in [1.165, 1.54) is 49.7 Å². The van der Waals surface area contributed by atoms with Gasteiger partial charge >= 0.3 is 0 Å². The molecule has 0 bridgehead atoms. The van der Waals surface area contributed by atoms with E-state index < -0.39 is 0 Å². The lowest BCUT2D eigenvalue weighted by Crippen LogP contribution is -2.26. The van der Waals surface area contributed by atoms with Gasteiger partial charge in [0.05, 0.1) is 0 Å². The summed E-state index contributed by atoms with van der Waals surface area (Å²) in [5.41, 5.74) is 16.1. The molecule has 0 radical (unpaired) electrons. The second-order valence-corrected chi connectivity index (χ2v) is 14.4. The predicted molar refractivity (Wildman–Crippen MR) is 221 cm³/mol. The Kier molecular flexibility index (Phi) is 6.68. The molecule has 3 nitrogen and oxygen atoms in total. The molecule has 1 heterocycles. The van der Waals surface area contributed by atoms with Crippen LogP contribution in [0, 0.1) is 0 Å². The fourth-order valence-corrected chi connectivity index (χ4v) is 9.19. The maximum Gasteiger partial charge on any atom is 0.164 e. The Labute approximate surface area is 314 Å². The van der Waals surface area contributed by atoms with Gasteiger partial charge in [-0.05, 0) is 79.4 Å². The van der Waals surface area contributed by atoms with Gasteiger partial charge in [0.1, 0.15) is 0 Å². The van der Waals surface area contributed by atoms with Crippen molar-refractivity contribution < 1.29 is 0 Å². The van der Waals surface area contributed by atoms with Crippen LogP contribution in [0.15, 0.2) is 182 Å². The standard InChI is InChI=1S/C51H33N3/c1-51-43-28-13-12-23-37(43)38-26-15-27-41(47(38)51)46-42(31-30-34-20-14-29-44(51)45(34)46)50-53-48(39-24-10-8-21-35(39)32-16-4-2-5-17-32)52-49(54-50)40-25-11-9-22-36(40)33-18-6-3-7-19-33/h2-31H,1H3. The molecule has 0 spiro atoms. The van der Waals surface area contributed by atoms with E-state index in [0.29, 0.717) is 17.5 Å². The Hall–Kier alpha value is -6.97. The lowest BCUT2D eigenvalue weighted by molar-refractivity contribution is 0.719. The number of benzene rings is 8. The molecule has 2 aliphatic carbocycles. The number of hydrogen-bond donors (Lipinski definition) is 0. The molecule has 0 saturated carbocycles. The van der Waals surface area contributed by atoms with Crippen molar-refractivity contribution >= 4 is 10.8 Å². The molecule has 1 aromatic heterocycles.